The lowest BCUT2D eigenvalue weighted by Gasteiger charge is -2.21. The van der Waals surface area contributed by atoms with Gasteiger partial charge in [0.1, 0.15) is 0 Å². The van der Waals surface area contributed by atoms with Crippen LogP contribution in [0.3, 0.4) is 0 Å². The molecule has 1 aromatic rings. The number of carbonyl (C=O) groups is 1. The van der Waals surface area contributed by atoms with E-state index in [1.807, 2.05) is 18.9 Å². The molecule has 0 aliphatic rings. The highest BCUT2D eigenvalue weighted by Gasteiger charge is 2.12. The van der Waals surface area contributed by atoms with E-state index in [0.29, 0.717) is 12.1 Å². The number of nitrogen functional groups attached to an aromatic ring is 1. The first-order valence-electron chi connectivity index (χ1n) is 5.75. The van der Waals surface area contributed by atoms with Crippen LogP contribution in [0.25, 0.3) is 0 Å². The number of nitrogens with zero attached hydrogens (tertiary/aromatic N) is 2. The van der Waals surface area contributed by atoms with E-state index in [-0.39, 0.29) is 18.5 Å². The third-order valence-corrected chi connectivity index (χ3v) is 2.73. The maximum Gasteiger partial charge on any atom is 0.238 e. The van der Waals surface area contributed by atoms with Crippen LogP contribution in [0.4, 0.5) is 11.4 Å². The monoisotopic (exact) mass is 246 g/mol. The van der Waals surface area contributed by atoms with Crippen LogP contribution in [0, 0.1) is 11.3 Å². The molecule has 0 spiro atoms. The van der Waals surface area contributed by atoms with Gasteiger partial charge in [-0.2, -0.15) is 5.26 Å². The lowest BCUT2D eigenvalue weighted by molar-refractivity contribution is -0.117. The molecule has 1 atom stereocenters. The van der Waals surface area contributed by atoms with Crippen molar-refractivity contribution < 1.29 is 4.79 Å². The molecule has 0 radical (unpaired) electrons. The summed E-state index contributed by atoms with van der Waals surface area (Å²) in [7, 11) is 1.82. The highest BCUT2D eigenvalue weighted by atomic mass is 16.2. The zero-order chi connectivity index (χ0) is 13.5. The summed E-state index contributed by atoms with van der Waals surface area (Å²) in [4.78, 5) is 13.6. The minimum Gasteiger partial charge on any atom is -0.399 e. The zero-order valence-corrected chi connectivity index (χ0v) is 10.7. The fourth-order valence-electron chi connectivity index (χ4n) is 1.44. The average Bonchev–Trinajstić information content (AvgIpc) is 2.32. The molecule has 0 saturated carbocycles. The van der Waals surface area contributed by atoms with Crippen molar-refractivity contribution in [3.8, 4) is 6.07 Å². The summed E-state index contributed by atoms with van der Waals surface area (Å²) in [6.07, 6.45) is 0.408. The molecule has 5 nitrogen and oxygen atoms in total. The fourth-order valence-corrected chi connectivity index (χ4v) is 1.44. The van der Waals surface area contributed by atoms with E-state index in [0.717, 1.165) is 5.69 Å². The van der Waals surface area contributed by atoms with E-state index in [4.69, 9.17) is 11.0 Å². The van der Waals surface area contributed by atoms with Crippen molar-refractivity contribution in [3.63, 3.8) is 0 Å². The molecule has 1 aromatic carbocycles. The zero-order valence-electron chi connectivity index (χ0n) is 10.7. The van der Waals surface area contributed by atoms with Gasteiger partial charge in [0.2, 0.25) is 5.91 Å². The van der Waals surface area contributed by atoms with Gasteiger partial charge in [-0.25, -0.2) is 0 Å². The highest BCUT2D eigenvalue weighted by Crippen LogP contribution is 2.10. The molecule has 96 valence electrons. The largest absolute Gasteiger partial charge is 0.399 e. The van der Waals surface area contributed by atoms with Crippen molar-refractivity contribution in [1.82, 2.24) is 4.90 Å². The van der Waals surface area contributed by atoms with Crippen molar-refractivity contribution in [3.05, 3.63) is 24.3 Å². The second kappa shape index (κ2) is 6.62. The normalized spacial score (nSPS) is 11.9. The minimum absolute atomic E-state index is 0.0622. The number of nitrogens with two attached hydrogens (primary N) is 1. The van der Waals surface area contributed by atoms with E-state index in [9.17, 15) is 4.79 Å². The molecule has 0 aromatic heterocycles. The van der Waals surface area contributed by atoms with Crippen LogP contribution < -0.4 is 11.1 Å². The Kier molecular flexibility index (Phi) is 5.15. The van der Waals surface area contributed by atoms with Gasteiger partial charge < -0.3 is 11.1 Å². The summed E-state index contributed by atoms with van der Waals surface area (Å²) in [5.74, 6) is -0.105. The van der Waals surface area contributed by atoms with E-state index < -0.39 is 0 Å². The molecular formula is C13H18N4O. The number of amides is 1. The van der Waals surface area contributed by atoms with Crippen LogP contribution in [0.15, 0.2) is 24.3 Å². The van der Waals surface area contributed by atoms with Crippen molar-refractivity contribution in [2.24, 2.45) is 0 Å². The second-order valence-corrected chi connectivity index (χ2v) is 4.30. The van der Waals surface area contributed by atoms with Crippen molar-refractivity contribution in [2.45, 2.75) is 19.4 Å². The smallest absolute Gasteiger partial charge is 0.238 e. The molecule has 0 fully saturated rings. The Hall–Kier alpha value is -2.06. The maximum atomic E-state index is 11.7. The van der Waals surface area contributed by atoms with E-state index in [1.165, 1.54) is 0 Å². The number of likely N-dealkylation sites (N-methyl/N-ethyl adjacent to an activating group) is 1. The number of hydrogen-bond acceptors (Lipinski definition) is 4. The number of anilines is 2. The van der Waals surface area contributed by atoms with Gasteiger partial charge in [-0.1, -0.05) is 0 Å². The van der Waals surface area contributed by atoms with Gasteiger partial charge in [0.15, 0.2) is 0 Å². The van der Waals surface area contributed by atoms with Crippen molar-refractivity contribution in [1.29, 1.82) is 5.26 Å². The first kappa shape index (κ1) is 14.0. The van der Waals surface area contributed by atoms with E-state index >= 15 is 0 Å². The van der Waals surface area contributed by atoms with Crippen LogP contribution in [0.1, 0.15) is 13.3 Å². The Morgan fingerprint density at radius 2 is 2.11 bits per heavy atom. The number of nitrogens with one attached hydrogen (secondary N) is 1. The topological polar surface area (TPSA) is 82.2 Å². The summed E-state index contributed by atoms with van der Waals surface area (Å²) in [5.41, 5.74) is 6.94. The second-order valence-electron chi connectivity index (χ2n) is 4.30. The van der Waals surface area contributed by atoms with Crippen LogP contribution >= 0.6 is 0 Å². The quantitative estimate of drug-likeness (QED) is 0.770. The van der Waals surface area contributed by atoms with Crippen molar-refractivity contribution in [2.75, 3.05) is 24.6 Å². The third-order valence-electron chi connectivity index (χ3n) is 2.73. The Bertz CT molecular complexity index is 435. The van der Waals surface area contributed by atoms with Crippen LogP contribution in [-0.2, 0) is 4.79 Å². The van der Waals surface area contributed by atoms with Gasteiger partial charge in [0.05, 0.1) is 19.0 Å². The maximum absolute atomic E-state index is 11.7. The Balaban J connectivity index is 2.47. The van der Waals surface area contributed by atoms with E-state index in [1.54, 1.807) is 24.3 Å². The summed E-state index contributed by atoms with van der Waals surface area (Å²) in [6, 6.07) is 9.13. The average molecular weight is 246 g/mol. The molecule has 1 unspecified atom stereocenters. The van der Waals surface area contributed by atoms with Gasteiger partial charge >= 0.3 is 0 Å². The third kappa shape index (κ3) is 4.44. The minimum atomic E-state index is -0.105. The lowest BCUT2D eigenvalue weighted by Crippen LogP contribution is -2.36. The first-order valence-corrected chi connectivity index (χ1v) is 5.75. The van der Waals surface area contributed by atoms with Gasteiger partial charge in [-0.15, -0.1) is 0 Å². The molecule has 1 rings (SSSR count). The van der Waals surface area contributed by atoms with Crippen LogP contribution in [0.5, 0.6) is 0 Å². The standard InChI is InChI=1S/C13H18N4O/c1-10(7-8-14)17(2)9-13(18)16-12-5-3-11(15)4-6-12/h3-6,10H,7,9,15H2,1-2H3,(H,16,18). The van der Waals surface area contributed by atoms with Gasteiger partial charge in [0.25, 0.3) is 0 Å². The molecular weight excluding hydrogens is 228 g/mol. The fraction of sp³-hybridized carbons (Fsp3) is 0.385. The van der Waals surface area contributed by atoms with Gasteiger partial charge in [0, 0.05) is 17.4 Å². The van der Waals surface area contributed by atoms with E-state index in [2.05, 4.69) is 11.4 Å². The number of hydrogen-bond donors (Lipinski definition) is 2. The lowest BCUT2D eigenvalue weighted by atomic mass is 10.2. The predicted molar refractivity (Wildman–Crippen MR) is 71.8 cm³/mol. The molecule has 18 heavy (non-hydrogen) atoms. The first-order chi connectivity index (χ1) is 8.52. The number of nitriles is 1. The molecule has 3 N–H and O–H groups in total. The molecule has 0 aliphatic heterocycles. The Morgan fingerprint density at radius 3 is 2.67 bits per heavy atom. The highest BCUT2D eigenvalue weighted by molar-refractivity contribution is 5.92. The molecule has 1 amide bonds. The number of benzene rings is 1. The summed E-state index contributed by atoms with van der Waals surface area (Å²) in [5, 5.41) is 11.4. The Morgan fingerprint density at radius 1 is 1.50 bits per heavy atom. The summed E-state index contributed by atoms with van der Waals surface area (Å²) < 4.78 is 0. The number of rotatable bonds is 5. The molecule has 0 aliphatic carbocycles. The van der Waals surface area contributed by atoms with Gasteiger partial charge in [-0.3, -0.25) is 9.69 Å². The van der Waals surface area contributed by atoms with Crippen LogP contribution in [0.2, 0.25) is 0 Å². The molecule has 0 saturated heterocycles. The molecule has 0 bridgehead atoms. The summed E-state index contributed by atoms with van der Waals surface area (Å²) in [6.45, 7) is 2.17. The Labute approximate surface area is 107 Å². The molecule has 5 heteroatoms. The number of carbonyl (C=O) groups excluding carboxylic acids is 1. The van der Waals surface area contributed by atoms with Crippen molar-refractivity contribution >= 4 is 17.3 Å². The van der Waals surface area contributed by atoms with Crippen LogP contribution in [-0.4, -0.2) is 30.4 Å². The predicted octanol–water partition coefficient (Wildman–Crippen LogP) is 1.44. The molecule has 0 heterocycles. The van der Waals surface area contributed by atoms with Gasteiger partial charge in [-0.05, 0) is 38.2 Å². The summed E-state index contributed by atoms with van der Waals surface area (Å²) >= 11 is 0. The SMILES string of the molecule is CC(CC#N)N(C)CC(=O)Nc1ccc(N)cc1.